The molecule has 1 unspecified atom stereocenters. The Balaban J connectivity index is 1.96. The van der Waals surface area contributed by atoms with E-state index < -0.39 is 0 Å². The fourth-order valence-corrected chi connectivity index (χ4v) is 3.20. The lowest BCUT2D eigenvalue weighted by atomic mass is 9.87. The molecule has 0 aromatic heterocycles. The van der Waals surface area contributed by atoms with Crippen LogP contribution in [-0.4, -0.2) is 6.61 Å². The van der Waals surface area contributed by atoms with Gasteiger partial charge in [0.25, 0.3) is 0 Å². The third kappa shape index (κ3) is 4.36. The third-order valence-electron chi connectivity index (χ3n) is 4.23. The fourth-order valence-electron chi connectivity index (χ4n) is 3.20. The Morgan fingerprint density at radius 2 is 1.65 bits per heavy atom. The molecule has 0 N–H and O–H groups in total. The molecule has 0 fully saturated rings. The van der Waals surface area contributed by atoms with Gasteiger partial charge in [0.1, 0.15) is 5.75 Å². The van der Waals surface area contributed by atoms with Crippen LogP contribution < -0.4 is 4.74 Å². The lowest BCUT2D eigenvalue weighted by molar-refractivity contribution is 0.303. The van der Waals surface area contributed by atoms with Crippen molar-refractivity contribution in [2.45, 2.75) is 46.5 Å². The number of hydrogen-bond acceptors (Lipinski definition) is 2. The zero-order valence-electron chi connectivity index (χ0n) is 14.5. The number of nitriles is 1. The maximum atomic E-state index is 9.57. The number of aryl methyl sites for hydroxylation is 4. The Morgan fingerprint density at radius 1 is 1.00 bits per heavy atom. The van der Waals surface area contributed by atoms with Gasteiger partial charge in [-0.2, -0.15) is 5.26 Å². The molecule has 120 valence electrons. The maximum Gasteiger partial charge on any atom is 0.122 e. The van der Waals surface area contributed by atoms with Crippen molar-refractivity contribution >= 4 is 0 Å². The van der Waals surface area contributed by atoms with Gasteiger partial charge in [-0.1, -0.05) is 35.9 Å². The van der Waals surface area contributed by atoms with Gasteiger partial charge in [0, 0.05) is 0 Å². The van der Waals surface area contributed by atoms with E-state index in [2.05, 4.69) is 39.0 Å². The second-order valence-corrected chi connectivity index (χ2v) is 6.25. The zero-order valence-corrected chi connectivity index (χ0v) is 14.5. The monoisotopic (exact) mass is 307 g/mol. The average Bonchev–Trinajstić information content (AvgIpc) is 2.50. The Morgan fingerprint density at radius 3 is 2.26 bits per heavy atom. The molecule has 2 heteroatoms. The highest BCUT2D eigenvalue weighted by atomic mass is 16.5. The number of ether oxygens (including phenoxy) is 1. The molecule has 1 atom stereocenters. The summed E-state index contributed by atoms with van der Waals surface area (Å²) in [4.78, 5) is 0. The van der Waals surface area contributed by atoms with Crippen molar-refractivity contribution in [3.8, 4) is 11.8 Å². The number of benzene rings is 2. The molecule has 0 spiro atoms. The van der Waals surface area contributed by atoms with E-state index >= 15 is 0 Å². The van der Waals surface area contributed by atoms with Crippen LogP contribution in [0.25, 0.3) is 0 Å². The van der Waals surface area contributed by atoms with Gasteiger partial charge in [0.2, 0.25) is 0 Å². The van der Waals surface area contributed by atoms with E-state index in [1.807, 2.05) is 31.2 Å². The van der Waals surface area contributed by atoms with Gasteiger partial charge in [-0.05, 0) is 68.9 Å². The number of para-hydroxylation sites is 1. The van der Waals surface area contributed by atoms with Crippen LogP contribution in [0.1, 0.15) is 46.6 Å². The minimum absolute atomic E-state index is 0.0592. The predicted octanol–water partition coefficient (Wildman–Crippen LogP) is 5.39. The second-order valence-electron chi connectivity index (χ2n) is 6.25. The van der Waals surface area contributed by atoms with Crippen molar-refractivity contribution in [3.63, 3.8) is 0 Å². The molecule has 0 saturated carbocycles. The van der Waals surface area contributed by atoms with Crippen molar-refractivity contribution in [1.82, 2.24) is 0 Å². The molecular formula is C21H25NO. The third-order valence-corrected chi connectivity index (χ3v) is 4.23. The highest BCUT2D eigenvalue weighted by molar-refractivity contribution is 5.42. The molecule has 2 aromatic rings. The summed E-state index contributed by atoms with van der Waals surface area (Å²) in [5, 5.41) is 9.57. The van der Waals surface area contributed by atoms with Gasteiger partial charge >= 0.3 is 0 Å². The molecular weight excluding hydrogens is 282 g/mol. The molecule has 2 rings (SSSR count). The molecule has 0 aliphatic heterocycles. The van der Waals surface area contributed by atoms with E-state index in [-0.39, 0.29) is 5.92 Å². The lowest BCUT2D eigenvalue weighted by Crippen LogP contribution is -2.06. The second kappa shape index (κ2) is 7.83. The Bertz CT molecular complexity index is 689. The van der Waals surface area contributed by atoms with Crippen molar-refractivity contribution in [2.24, 2.45) is 0 Å². The van der Waals surface area contributed by atoms with Gasteiger partial charge < -0.3 is 4.74 Å². The molecule has 0 aliphatic rings. The summed E-state index contributed by atoms with van der Waals surface area (Å²) >= 11 is 0. The summed E-state index contributed by atoms with van der Waals surface area (Å²) < 4.78 is 5.84. The van der Waals surface area contributed by atoms with Crippen LogP contribution in [-0.2, 0) is 0 Å². The molecule has 0 heterocycles. The molecule has 0 amide bonds. The quantitative estimate of drug-likeness (QED) is 0.671. The summed E-state index contributed by atoms with van der Waals surface area (Å²) in [5.74, 6) is 0.875. The SMILES string of the molecule is Cc1cc(C)c(C(C#N)CCCOc2ccccc2C)c(C)c1. The van der Waals surface area contributed by atoms with Crippen molar-refractivity contribution in [2.75, 3.05) is 6.61 Å². The molecule has 2 aromatic carbocycles. The number of nitrogens with zero attached hydrogens (tertiary/aromatic N) is 1. The van der Waals surface area contributed by atoms with E-state index in [9.17, 15) is 5.26 Å². The van der Waals surface area contributed by atoms with Crippen LogP contribution in [0.4, 0.5) is 0 Å². The topological polar surface area (TPSA) is 33.0 Å². The summed E-state index contributed by atoms with van der Waals surface area (Å²) in [6.45, 7) is 8.99. The molecule has 0 bridgehead atoms. The van der Waals surface area contributed by atoms with Crippen molar-refractivity contribution in [1.29, 1.82) is 5.26 Å². The first-order chi connectivity index (χ1) is 11.0. The number of hydrogen-bond donors (Lipinski definition) is 0. The summed E-state index contributed by atoms with van der Waals surface area (Å²) in [6.07, 6.45) is 1.70. The van der Waals surface area contributed by atoms with E-state index in [1.165, 1.54) is 22.3 Å². The summed E-state index contributed by atoms with van der Waals surface area (Å²) in [6, 6.07) is 14.8. The highest BCUT2D eigenvalue weighted by Crippen LogP contribution is 2.28. The van der Waals surface area contributed by atoms with Gasteiger partial charge in [0.05, 0.1) is 18.6 Å². The molecule has 23 heavy (non-hydrogen) atoms. The average molecular weight is 307 g/mol. The van der Waals surface area contributed by atoms with Crippen LogP contribution in [0.3, 0.4) is 0 Å². The van der Waals surface area contributed by atoms with Gasteiger partial charge in [-0.25, -0.2) is 0 Å². The molecule has 0 radical (unpaired) electrons. The van der Waals surface area contributed by atoms with Gasteiger partial charge in [-0.3, -0.25) is 0 Å². The normalized spacial score (nSPS) is 11.8. The Kier molecular flexibility index (Phi) is 5.82. The van der Waals surface area contributed by atoms with Crippen LogP contribution in [0.2, 0.25) is 0 Å². The zero-order chi connectivity index (χ0) is 16.8. The number of rotatable bonds is 6. The molecule has 0 aliphatic carbocycles. The Hall–Kier alpha value is -2.27. The lowest BCUT2D eigenvalue weighted by Gasteiger charge is -2.17. The van der Waals surface area contributed by atoms with E-state index in [4.69, 9.17) is 4.74 Å². The van der Waals surface area contributed by atoms with Crippen LogP contribution >= 0.6 is 0 Å². The largest absolute Gasteiger partial charge is 0.493 e. The van der Waals surface area contributed by atoms with Crippen LogP contribution in [0.15, 0.2) is 36.4 Å². The highest BCUT2D eigenvalue weighted by Gasteiger charge is 2.16. The predicted molar refractivity (Wildman–Crippen MR) is 94.9 cm³/mol. The smallest absolute Gasteiger partial charge is 0.122 e. The summed E-state index contributed by atoms with van der Waals surface area (Å²) in [7, 11) is 0. The van der Waals surface area contributed by atoms with Crippen molar-refractivity contribution < 1.29 is 4.74 Å². The first-order valence-corrected chi connectivity index (χ1v) is 8.18. The summed E-state index contributed by atoms with van der Waals surface area (Å²) in [5.41, 5.74) is 6.02. The van der Waals surface area contributed by atoms with E-state index in [0.29, 0.717) is 6.61 Å². The molecule has 2 nitrogen and oxygen atoms in total. The van der Waals surface area contributed by atoms with Gasteiger partial charge in [0.15, 0.2) is 0 Å². The standard InChI is InChI=1S/C21H25NO/c1-15-12-17(3)21(18(4)13-15)19(14-22)9-7-11-23-20-10-6-5-8-16(20)2/h5-6,8,10,12-13,19H,7,9,11H2,1-4H3. The van der Waals surface area contributed by atoms with Crippen LogP contribution in [0, 0.1) is 39.0 Å². The maximum absolute atomic E-state index is 9.57. The van der Waals surface area contributed by atoms with E-state index in [0.717, 1.165) is 24.2 Å². The first kappa shape index (κ1) is 17.1. The first-order valence-electron chi connectivity index (χ1n) is 8.18. The fraction of sp³-hybridized carbons (Fsp3) is 0.381. The van der Waals surface area contributed by atoms with Crippen LogP contribution in [0.5, 0.6) is 5.75 Å². The molecule has 0 saturated heterocycles. The minimum Gasteiger partial charge on any atom is -0.493 e. The Labute approximate surface area is 139 Å². The van der Waals surface area contributed by atoms with Crippen molar-refractivity contribution in [3.05, 3.63) is 64.2 Å². The van der Waals surface area contributed by atoms with Gasteiger partial charge in [-0.15, -0.1) is 0 Å². The minimum atomic E-state index is -0.0592. The van der Waals surface area contributed by atoms with E-state index in [1.54, 1.807) is 0 Å².